The summed E-state index contributed by atoms with van der Waals surface area (Å²) in [6, 6.07) is 6.70. The van der Waals surface area contributed by atoms with E-state index in [0.29, 0.717) is 0 Å². The van der Waals surface area contributed by atoms with Gasteiger partial charge in [0.15, 0.2) is 0 Å². The maximum absolute atomic E-state index is 9.66. The van der Waals surface area contributed by atoms with Crippen LogP contribution in [0.4, 0.5) is 0 Å². The van der Waals surface area contributed by atoms with Crippen LogP contribution in [-0.2, 0) is 11.8 Å². The molecule has 0 fully saturated rings. The summed E-state index contributed by atoms with van der Waals surface area (Å²) >= 11 is 0. The van der Waals surface area contributed by atoms with E-state index in [4.69, 9.17) is 0 Å². The van der Waals surface area contributed by atoms with E-state index >= 15 is 0 Å². The Labute approximate surface area is 104 Å². The van der Waals surface area contributed by atoms with Crippen molar-refractivity contribution in [3.05, 3.63) is 41.0 Å². The summed E-state index contributed by atoms with van der Waals surface area (Å²) in [6.45, 7) is 8.93. The molecule has 0 amide bonds. The van der Waals surface area contributed by atoms with Crippen molar-refractivity contribution in [1.29, 1.82) is 0 Å². The van der Waals surface area contributed by atoms with Gasteiger partial charge in [-0.05, 0) is 23.1 Å². The van der Waals surface area contributed by atoms with Gasteiger partial charge >= 0.3 is 0 Å². The van der Waals surface area contributed by atoms with Crippen molar-refractivity contribution in [2.24, 2.45) is 5.41 Å². The van der Waals surface area contributed by atoms with E-state index < -0.39 is 0 Å². The third-order valence-corrected chi connectivity index (χ3v) is 4.58. The molecule has 1 aromatic rings. The second kappa shape index (κ2) is 3.99. The van der Waals surface area contributed by atoms with Gasteiger partial charge < -0.3 is 5.11 Å². The molecule has 1 N–H and O–H groups in total. The smallest absolute Gasteiger partial charge is 0.0527 e. The van der Waals surface area contributed by atoms with Crippen LogP contribution in [-0.4, -0.2) is 11.7 Å². The molecule has 0 aromatic heterocycles. The Bertz CT molecular complexity index is 457. The van der Waals surface area contributed by atoms with Crippen LogP contribution >= 0.6 is 0 Å². The monoisotopic (exact) mass is 230 g/mol. The summed E-state index contributed by atoms with van der Waals surface area (Å²) in [5.74, 6) is 0. The van der Waals surface area contributed by atoms with Crippen molar-refractivity contribution in [2.45, 2.75) is 39.5 Å². The van der Waals surface area contributed by atoms with E-state index in [1.54, 1.807) is 0 Å². The molecule has 0 heterocycles. The Morgan fingerprint density at radius 2 is 1.88 bits per heavy atom. The topological polar surface area (TPSA) is 20.2 Å². The average molecular weight is 230 g/mol. The summed E-state index contributed by atoms with van der Waals surface area (Å²) in [6.07, 6.45) is 5.39. The zero-order valence-corrected chi connectivity index (χ0v) is 11.2. The molecule has 0 aliphatic heterocycles. The molecule has 0 saturated carbocycles. The van der Waals surface area contributed by atoms with Gasteiger partial charge in [-0.2, -0.15) is 0 Å². The zero-order valence-electron chi connectivity index (χ0n) is 11.2. The van der Waals surface area contributed by atoms with Crippen molar-refractivity contribution in [3.8, 4) is 0 Å². The molecule has 1 nitrogen and oxygen atoms in total. The van der Waals surface area contributed by atoms with Gasteiger partial charge in [-0.1, -0.05) is 58.0 Å². The largest absolute Gasteiger partial charge is 0.395 e. The van der Waals surface area contributed by atoms with Crippen molar-refractivity contribution < 1.29 is 5.11 Å². The van der Waals surface area contributed by atoms with Gasteiger partial charge in [0, 0.05) is 10.8 Å². The molecular formula is C16H22O. The fourth-order valence-electron chi connectivity index (χ4n) is 2.58. The molecule has 1 aromatic carbocycles. The highest BCUT2D eigenvalue weighted by Crippen LogP contribution is 2.47. The van der Waals surface area contributed by atoms with E-state index in [-0.39, 0.29) is 17.4 Å². The highest BCUT2D eigenvalue weighted by atomic mass is 16.3. The van der Waals surface area contributed by atoms with Gasteiger partial charge in [0.25, 0.3) is 0 Å². The molecule has 2 rings (SSSR count). The first kappa shape index (κ1) is 12.4. The number of rotatable bonds is 2. The average Bonchev–Trinajstić information content (AvgIpc) is 2.34. The van der Waals surface area contributed by atoms with Crippen LogP contribution in [0, 0.1) is 5.41 Å². The second-order valence-corrected chi connectivity index (χ2v) is 5.81. The fourth-order valence-corrected chi connectivity index (χ4v) is 2.58. The van der Waals surface area contributed by atoms with Crippen molar-refractivity contribution in [2.75, 3.05) is 6.61 Å². The SMILES string of the molecule is CCc1ccc2c(c1)C=CC(C)(CO)C2(C)C. The predicted molar refractivity (Wildman–Crippen MR) is 73.1 cm³/mol. The van der Waals surface area contributed by atoms with Crippen LogP contribution in [0.1, 0.15) is 44.4 Å². The minimum Gasteiger partial charge on any atom is -0.395 e. The molecule has 1 atom stereocenters. The van der Waals surface area contributed by atoms with Crippen LogP contribution in [0.3, 0.4) is 0 Å². The van der Waals surface area contributed by atoms with Crippen molar-refractivity contribution in [1.82, 2.24) is 0 Å². The minimum absolute atomic E-state index is 0.0297. The van der Waals surface area contributed by atoms with Gasteiger partial charge in [-0.15, -0.1) is 0 Å². The van der Waals surface area contributed by atoms with E-state index in [0.717, 1.165) is 6.42 Å². The molecule has 1 aliphatic rings. The van der Waals surface area contributed by atoms with Gasteiger partial charge in [-0.3, -0.25) is 0 Å². The van der Waals surface area contributed by atoms with E-state index in [1.807, 2.05) is 0 Å². The zero-order chi connectivity index (χ0) is 12.7. The van der Waals surface area contributed by atoms with E-state index in [9.17, 15) is 5.11 Å². The summed E-state index contributed by atoms with van der Waals surface area (Å²) in [5.41, 5.74) is 3.82. The lowest BCUT2D eigenvalue weighted by Gasteiger charge is -2.45. The standard InChI is InChI=1S/C16H22O/c1-5-12-6-7-14-13(10-12)8-9-16(4,11-17)15(14,2)3/h6-10,17H,5,11H2,1-4H3. The number of benzene rings is 1. The first-order chi connectivity index (χ1) is 7.94. The fraction of sp³-hybridized carbons (Fsp3) is 0.500. The number of hydrogen-bond acceptors (Lipinski definition) is 1. The van der Waals surface area contributed by atoms with Gasteiger partial charge in [0.1, 0.15) is 0 Å². The highest BCUT2D eigenvalue weighted by Gasteiger charge is 2.42. The molecule has 1 heteroatoms. The number of aliphatic hydroxyl groups is 1. The third kappa shape index (κ3) is 1.73. The summed E-state index contributed by atoms with van der Waals surface area (Å²) in [5, 5.41) is 9.66. The Kier molecular flexibility index (Phi) is 2.90. The summed E-state index contributed by atoms with van der Waals surface area (Å²) < 4.78 is 0. The van der Waals surface area contributed by atoms with Crippen LogP contribution in [0.15, 0.2) is 24.3 Å². The molecule has 0 saturated heterocycles. The predicted octanol–water partition coefficient (Wildman–Crippen LogP) is 3.55. The lowest BCUT2D eigenvalue weighted by Crippen LogP contribution is -2.42. The first-order valence-corrected chi connectivity index (χ1v) is 6.38. The second-order valence-electron chi connectivity index (χ2n) is 5.81. The Hall–Kier alpha value is -1.08. The number of hydrogen-bond donors (Lipinski definition) is 1. The molecule has 0 spiro atoms. The molecule has 17 heavy (non-hydrogen) atoms. The quantitative estimate of drug-likeness (QED) is 0.823. The molecule has 0 bridgehead atoms. The maximum atomic E-state index is 9.66. The van der Waals surface area contributed by atoms with Gasteiger partial charge in [0.05, 0.1) is 6.61 Å². The van der Waals surface area contributed by atoms with Crippen molar-refractivity contribution >= 4 is 6.08 Å². The van der Waals surface area contributed by atoms with Crippen LogP contribution < -0.4 is 0 Å². The summed E-state index contributed by atoms with van der Waals surface area (Å²) in [7, 11) is 0. The highest BCUT2D eigenvalue weighted by molar-refractivity contribution is 5.62. The van der Waals surface area contributed by atoms with Crippen molar-refractivity contribution in [3.63, 3.8) is 0 Å². The van der Waals surface area contributed by atoms with Gasteiger partial charge in [-0.25, -0.2) is 0 Å². The molecular weight excluding hydrogens is 208 g/mol. The molecule has 0 radical (unpaired) electrons. The lowest BCUT2D eigenvalue weighted by molar-refractivity contribution is 0.114. The third-order valence-electron chi connectivity index (χ3n) is 4.58. The van der Waals surface area contributed by atoms with E-state index in [2.05, 4.69) is 58.0 Å². The lowest BCUT2D eigenvalue weighted by atomic mass is 9.60. The molecule has 92 valence electrons. The Morgan fingerprint density at radius 1 is 1.18 bits per heavy atom. The van der Waals surface area contributed by atoms with Crippen LogP contribution in [0.5, 0.6) is 0 Å². The normalized spacial score (nSPS) is 25.7. The van der Waals surface area contributed by atoms with Crippen LogP contribution in [0.25, 0.3) is 6.08 Å². The number of fused-ring (bicyclic) bond motifs is 1. The maximum Gasteiger partial charge on any atom is 0.0527 e. The number of aryl methyl sites for hydroxylation is 1. The van der Waals surface area contributed by atoms with E-state index in [1.165, 1.54) is 16.7 Å². The van der Waals surface area contributed by atoms with Gasteiger partial charge in [0.2, 0.25) is 0 Å². The number of aliphatic hydroxyl groups excluding tert-OH is 1. The Balaban J connectivity index is 2.58. The molecule has 1 aliphatic carbocycles. The van der Waals surface area contributed by atoms with Crippen LogP contribution in [0.2, 0.25) is 0 Å². The summed E-state index contributed by atoms with van der Waals surface area (Å²) in [4.78, 5) is 0. The Morgan fingerprint density at radius 3 is 2.47 bits per heavy atom. The first-order valence-electron chi connectivity index (χ1n) is 6.38. The minimum atomic E-state index is -0.173. The molecule has 1 unspecified atom stereocenters.